The van der Waals surface area contributed by atoms with Gasteiger partial charge in [-0.3, -0.25) is 69.5 Å². The fraction of sp³-hybridized carbons (Fsp3) is 0.629. The second kappa shape index (κ2) is 35.2. The molecule has 5 aromatic rings. The number of hydrogen-bond acceptors (Lipinski definition) is 45. The van der Waals surface area contributed by atoms with Gasteiger partial charge >= 0.3 is 45.8 Å². The molecule has 101 heavy (non-hydrogen) atoms. The molecule has 5 aromatic heterocycles. The second-order valence-corrected chi connectivity index (χ2v) is 36.4. The number of nitrogen functional groups attached to an aromatic ring is 2. The number of rotatable bonds is 25. The molecule has 9 rings (SSSR count). The number of aromatic nitrogens is 10. The molecule has 0 amide bonds. The molecule has 66 heteroatoms. The molecule has 13 unspecified atom stereocenters. The van der Waals surface area contributed by atoms with E-state index >= 15 is 0 Å². The molecule has 0 spiro atoms. The number of aliphatic hydroxyl groups is 8. The number of halogens is 2. The molecule has 4 aliphatic heterocycles. The first-order valence-corrected chi connectivity index (χ1v) is 45.7. The molecule has 566 valence electrons. The number of phosphoric acid groups is 7. The van der Waals surface area contributed by atoms with Crippen LogP contribution in [-0.2, 0) is 124 Å². The van der Waals surface area contributed by atoms with Crippen molar-refractivity contribution in [2.75, 3.05) is 31.3 Å². The number of anilines is 2. The standard InChI is InChI=1S/C16H26BN5O20P4.C14H18N7O7P.C4H11BNO13P3.CH4.2ClH.Zn/c1-21-4-22(13-7(21)14(27)20-16(18)19-13)15-11(26)9(24)6(39-15)3-37-44(30,31)41-46(34,35)42-45(32,33)40-43(28,29)36-2-5-8(23)10(25)12(17)38-5;1-19-6-21(11-8(19)12(24)18-14(15)17-11)13-10(23)9(22)7(28-13)4-27-29(25,26)20-3-2-16-5-20;5-3-1(7)2(8)4(16-3)6-17-21(12,13)19-22(14,15)18-20(9,10)11;;;;/h4-6,8-12,15,23-26H,2-3H2,1H3,(H6-,18,19,20,27,28,29,30,31,32,33,34,35);2-3,5-7,9-10,13,22-23H,4H2,1H3,(H3-,15,17,18,24,25,26);1-4,6-8H,(H,12,13)(H,14,15)(H2,9,10,11);1H4;2*1H;/q;;;;;;+2/p-8/t5-,6-,8?,9?,10+,11?,12-,15-;7-,9+,10?,13-;1-,2?,3+,4-;;;;/m100..../s1. The van der Waals surface area contributed by atoms with Crippen molar-refractivity contribution in [2.45, 2.75) is 105 Å². The molecule has 0 aromatic carbocycles. The van der Waals surface area contributed by atoms with Crippen molar-refractivity contribution in [2.24, 2.45) is 14.1 Å². The predicted molar refractivity (Wildman–Crippen MR) is 303 cm³/mol. The Bertz CT molecular complexity index is 4210. The van der Waals surface area contributed by atoms with Crippen LogP contribution in [0.4, 0.5) is 11.9 Å². The number of imidazole rings is 3. The van der Waals surface area contributed by atoms with Gasteiger partial charge < -0.3 is 129 Å². The summed E-state index contributed by atoms with van der Waals surface area (Å²) in [6.07, 6.45) is -16.0. The van der Waals surface area contributed by atoms with Gasteiger partial charge in [-0.15, -0.1) is 0 Å². The average Bonchev–Trinajstić information content (AvgIpc) is 1.61. The topological polar surface area (TPSA) is 814 Å². The van der Waals surface area contributed by atoms with E-state index in [1.165, 1.54) is 51.3 Å². The number of phosphoric ester groups is 2. The van der Waals surface area contributed by atoms with Crippen molar-refractivity contribution in [3.8, 4) is 0 Å². The minimum absolute atomic E-state index is 0. The van der Waals surface area contributed by atoms with Crippen molar-refractivity contribution in [1.29, 1.82) is 0 Å². The van der Waals surface area contributed by atoms with Gasteiger partial charge in [-0.05, 0) is 0 Å². The zero-order valence-corrected chi connectivity index (χ0v) is 61.0. The number of ether oxygens (including phenoxy) is 4. The van der Waals surface area contributed by atoms with Crippen LogP contribution in [0.3, 0.4) is 0 Å². The third-order valence-electron chi connectivity index (χ3n) is 12.8. The van der Waals surface area contributed by atoms with E-state index in [0.29, 0.717) is 0 Å². The van der Waals surface area contributed by atoms with Crippen molar-refractivity contribution in [1.82, 2.24) is 43.9 Å². The molecule has 4 saturated heterocycles. The van der Waals surface area contributed by atoms with E-state index in [0.717, 1.165) is 15.2 Å². The molecule has 16 N–H and O–H groups in total. The Hall–Kier alpha value is -2.56. The molecule has 4 aliphatic rings. The van der Waals surface area contributed by atoms with Crippen LogP contribution < -0.4 is 76.3 Å². The molecular weight excluding hydrogens is 1650 g/mol. The van der Waals surface area contributed by atoms with Gasteiger partial charge in [0.25, 0.3) is 77.8 Å². The number of nitrogens with zero attached hydrogens (tertiary/aromatic N) is 8. The van der Waals surface area contributed by atoms with E-state index in [1.54, 1.807) is 7.05 Å². The summed E-state index contributed by atoms with van der Waals surface area (Å²) in [5.41, 5.74) is 11.6. The Morgan fingerprint density at radius 3 is 1.33 bits per heavy atom. The van der Waals surface area contributed by atoms with Crippen LogP contribution in [-0.4, -0.2) is 205 Å². The first-order chi connectivity index (χ1) is 45.8. The molecule has 53 nitrogen and oxygen atoms in total. The number of aromatic amines is 2. The quantitative estimate of drug-likeness (QED) is 0.0112. The summed E-state index contributed by atoms with van der Waals surface area (Å²) in [6.45, 7) is -2.97. The van der Waals surface area contributed by atoms with Gasteiger partial charge in [0.15, 0.2) is 18.9 Å². The van der Waals surface area contributed by atoms with Crippen LogP contribution in [0.1, 0.15) is 19.9 Å². The zero-order valence-electron chi connectivity index (χ0n) is 49.4. The minimum atomic E-state index is -6.56. The summed E-state index contributed by atoms with van der Waals surface area (Å²) < 4.78 is 152. The Morgan fingerprint density at radius 2 is 0.950 bits per heavy atom. The first kappa shape index (κ1) is 89.1. The number of H-pyrrole nitrogens is 2. The van der Waals surface area contributed by atoms with Gasteiger partial charge in [0.1, 0.15) is 83.1 Å². The van der Waals surface area contributed by atoms with Gasteiger partial charge in [0, 0.05) is 24.4 Å². The number of aliphatic hydroxyl groups excluding tert-OH is 8. The van der Waals surface area contributed by atoms with Crippen molar-refractivity contribution < 1.29 is 204 Å². The predicted octanol–water partition coefficient (Wildman–Crippen LogP) is -12.2. The maximum atomic E-state index is 12.2. The normalized spacial score (nSPS) is 31.3. The Labute approximate surface area is 580 Å². The van der Waals surface area contributed by atoms with E-state index in [1.807, 2.05) is 0 Å². The van der Waals surface area contributed by atoms with E-state index in [-0.39, 0.29) is 41.7 Å². The van der Waals surface area contributed by atoms with Crippen LogP contribution >= 0.6 is 81.9 Å². The fourth-order valence-corrected chi connectivity index (χ4v) is 17.0. The summed E-state index contributed by atoms with van der Waals surface area (Å²) in [5, 5.41) is 79.2. The second-order valence-electron chi connectivity index (χ2n) is 19.9. The fourth-order valence-electron chi connectivity index (χ4n) is 8.62. The molecule has 4 radical (unpaired) electrons. The number of hydroxylamine groups is 1. The van der Waals surface area contributed by atoms with E-state index in [2.05, 4.69) is 64.9 Å². The van der Waals surface area contributed by atoms with Gasteiger partial charge in [-0.25, -0.2) is 40.3 Å². The third kappa shape index (κ3) is 24.0. The number of hydrogen-bond donors (Lipinski definition) is 14. The maximum absolute atomic E-state index is 12.2. The molecular formula is C35H53B2Cl2N13O40P8Zn-6. The SMILES string of the molecule is C.Cn1c[n+]([C@H]2O[C@@H](COP(=O)([O-])n3ccnc3)[C@@H](O)C2O)c2nc(N)[nH]c(=O)c21.[B][C@@H]1O[C@H](COP(=O)([O-])OP(=O)([O-])OP(=O)([O-])OP(=O)([O-])OC[C@H]2O[C@@H]([n+]3cn(C)c4c(=O)[nH]c(N)nc43)C(O)C2O)C(O)[C@@H]1O.[B][C@@H]1O[C@H](NOP(=O)([O-])OP(=O)([O-])OP(=O)([O-])O)C(O)[C@@H]1O.[Cl][Zn][Cl]. The Balaban J connectivity index is 0.000000286. The summed E-state index contributed by atoms with van der Waals surface area (Å²) in [6, 6.07) is -2.85. The molecule has 4 fully saturated rings. The summed E-state index contributed by atoms with van der Waals surface area (Å²) in [5.74, 6) is -0.454. The molecule has 0 bridgehead atoms. The average molecular weight is 1700 g/mol. The zero-order chi connectivity index (χ0) is 75.5. The third-order valence-corrected chi connectivity index (χ3v) is 23.3. The van der Waals surface area contributed by atoms with Gasteiger partial charge in [-0.1, -0.05) is 17.4 Å². The number of fused-ring (bicyclic) bond motifs is 2. The summed E-state index contributed by atoms with van der Waals surface area (Å²) in [7, 11) is -24.0. The molecule has 24 atom stereocenters. The number of nitrogens with one attached hydrogen (secondary N) is 3. The van der Waals surface area contributed by atoms with Crippen LogP contribution in [0.2, 0.25) is 0 Å². The van der Waals surface area contributed by atoms with Gasteiger partial charge in [-0.2, -0.15) is 5.48 Å². The monoisotopic (exact) mass is 1700 g/mol. The Kier molecular flexibility index (Phi) is 31.0. The number of aryl methyl sites for hydroxylation is 2. The van der Waals surface area contributed by atoms with Gasteiger partial charge in [0.2, 0.25) is 31.2 Å². The molecule has 0 aliphatic carbocycles. The van der Waals surface area contributed by atoms with Gasteiger partial charge in [0.05, 0.1) is 40.0 Å². The van der Waals surface area contributed by atoms with Crippen LogP contribution in [0.15, 0.2) is 41.0 Å². The van der Waals surface area contributed by atoms with Crippen LogP contribution in [0.25, 0.3) is 22.3 Å². The van der Waals surface area contributed by atoms with E-state index in [4.69, 9.17) is 70.2 Å². The molecule has 9 heterocycles. The van der Waals surface area contributed by atoms with Crippen LogP contribution in [0, 0.1) is 0 Å². The first-order valence-electron chi connectivity index (χ1n) is 26.2. The van der Waals surface area contributed by atoms with E-state index in [9.17, 15) is 126 Å². The van der Waals surface area contributed by atoms with Crippen molar-refractivity contribution in [3.63, 3.8) is 0 Å². The van der Waals surface area contributed by atoms with Crippen molar-refractivity contribution in [3.05, 3.63) is 52.1 Å². The van der Waals surface area contributed by atoms with Crippen LogP contribution in [0.5, 0.6) is 0 Å². The number of nitrogens with two attached hydrogens (primary N) is 2. The summed E-state index contributed by atoms with van der Waals surface area (Å²) in [4.78, 5) is 141. The summed E-state index contributed by atoms with van der Waals surface area (Å²) >= 11 is -0.931. The van der Waals surface area contributed by atoms with E-state index < -0.39 is 206 Å². The van der Waals surface area contributed by atoms with Crippen molar-refractivity contribution >= 4 is 132 Å². The Morgan fingerprint density at radius 1 is 0.584 bits per heavy atom. The molecule has 0 saturated carbocycles.